The summed E-state index contributed by atoms with van der Waals surface area (Å²) in [5, 5.41) is 0.673. The molecular formula is C14H14ClNO. The lowest BCUT2D eigenvalue weighted by Gasteiger charge is -2.15. The first-order valence-electron chi connectivity index (χ1n) is 5.43. The summed E-state index contributed by atoms with van der Waals surface area (Å²) < 4.78 is 5.80. The zero-order valence-electron chi connectivity index (χ0n) is 9.56. The van der Waals surface area contributed by atoms with Gasteiger partial charge in [0.05, 0.1) is 0 Å². The molecule has 17 heavy (non-hydrogen) atoms. The molecule has 0 aliphatic heterocycles. The van der Waals surface area contributed by atoms with Crippen LogP contribution in [-0.4, -0.2) is 0 Å². The molecule has 2 aromatic carbocycles. The largest absolute Gasteiger partial charge is 0.486 e. The van der Waals surface area contributed by atoms with Crippen molar-refractivity contribution in [2.75, 3.05) is 5.73 Å². The Morgan fingerprint density at radius 1 is 1.12 bits per heavy atom. The highest BCUT2D eigenvalue weighted by Crippen LogP contribution is 2.24. The van der Waals surface area contributed by atoms with Gasteiger partial charge in [0, 0.05) is 10.7 Å². The summed E-state index contributed by atoms with van der Waals surface area (Å²) in [5.74, 6) is 0.766. The molecule has 1 atom stereocenters. The smallest absolute Gasteiger partial charge is 0.121 e. The molecule has 0 bridgehead atoms. The fraction of sp³-hybridized carbons (Fsp3) is 0.143. The monoisotopic (exact) mass is 247 g/mol. The van der Waals surface area contributed by atoms with Crippen molar-refractivity contribution in [3.8, 4) is 5.75 Å². The van der Waals surface area contributed by atoms with Gasteiger partial charge in [0.1, 0.15) is 11.9 Å². The molecule has 0 saturated carbocycles. The molecule has 2 aromatic rings. The Balaban J connectivity index is 2.11. The molecule has 0 fully saturated rings. The summed E-state index contributed by atoms with van der Waals surface area (Å²) in [5.41, 5.74) is 7.48. The van der Waals surface area contributed by atoms with E-state index in [1.54, 1.807) is 6.07 Å². The first kappa shape index (κ1) is 11.8. The van der Waals surface area contributed by atoms with Crippen LogP contribution in [-0.2, 0) is 0 Å². The molecule has 3 heteroatoms. The van der Waals surface area contributed by atoms with E-state index in [1.807, 2.05) is 49.4 Å². The van der Waals surface area contributed by atoms with Gasteiger partial charge in [0.2, 0.25) is 0 Å². The Bertz CT molecular complexity index is 496. The van der Waals surface area contributed by atoms with Crippen molar-refractivity contribution >= 4 is 17.3 Å². The van der Waals surface area contributed by atoms with Crippen LogP contribution in [0.3, 0.4) is 0 Å². The second-order valence-electron chi connectivity index (χ2n) is 3.88. The van der Waals surface area contributed by atoms with Gasteiger partial charge in [0.15, 0.2) is 0 Å². The maximum absolute atomic E-state index is 5.90. The van der Waals surface area contributed by atoms with Gasteiger partial charge in [0.25, 0.3) is 0 Å². The minimum atomic E-state index is -0.0333. The summed E-state index contributed by atoms with van der Waals surface area (Å²) >= 11 is 5.90. The molecule has 1 unspecified atom stereocenters. The first-order chi connectivity index (χ1) is 8.15. The van der Waals surface area contributed by atoms with E-state index >= 15 is 0 Å². The topological polar surface area (TPSA) is 35.2 Å². The molecule has 0 amide bonds. The summed E-state index contributed by atoms with van der Waals surface area (Å²) in [6.07, 6.45) is -0.0333. The normalized spacial score (nSPS) is 12.1. The SMILES string of the molecule is CC(Oc1cccc(Cl)c1)c1ccc(N)cc1. The number of ether oxygens (including phenoxy) is 1. The highest BCUT2D eigenvalue weighted by Gasteiger charge is 2.07. The Morgan fingerprint density at radius 3 is 2.47 bits per heavy atom. The second kappa shape index (κ2) is 5.11. The Labute approximate surface area is 106 Å². The fourth-order valence-corrected chi connectivity index (χ4v) is 1.76. The zero-order chi connectivity index (χ0) is 12.3. The number of nitrogens with two attached hydrogens (primary N) is 1. The number of hydrogen-bond donors (Lipinski definition) is 1. The van der Waals surface area contributed by atoms with Crippen molar-refractivity contribution in [2.24, 2.45) is 0 Å². The summed E-state index contributed by atoms with van der Waals surface area (Å²) in [7, 11) is 0. The van der Waals surface area contributed by atoms with Gasteiger partial charge in [-0.25, -0.2) is 0 Å². The van der Waals surface area contributed by atoms with Crippen molar-refractivity contribution in [3.05, 3.63) is 59.1 Å². The van der Waals surface area contributed by atoms with E-state index in [2.05, 4.69) is 0 Å². The van der Waals surface area contributed by atoms with Crippen molar-refractivity contribution < 1.29 is 4.74 Å². The predicted octanol–water partition coefficient (Wildman–Crippen LogP) is 4.06. The van der Waals surface area contributed by atoms with Crippen LogP contribution in [0.15, 0.2) is 48.5 Å². The molecule has 0 aromatic heterocycles. The van der Waals surface area contributed by atoms with Crippen molar-refractivity contribution in [1.82, 2.24) is 0 Å². The summed E-state index contributed by atoms with van der Waals surface area (Å²) in [6.45, 7) is 1.99. The maximum Gasteiger partial charge on any atom is 0.121 e. The first-order valence-corrected chi connectivity index (χ1v) is 5.80. The van der Waals surface area contributed by atoms with Gasteiger partial charge in [-0.05, 0) is 42.8 Å². The van der Waals surface area contributed by atoms with Crippen LogP contribution < -0.4 is 10.5 Å². The molecule has 2 rings (SSSR count). The zero-order valence-corrected chi connectivity index (χ0v) is 10.3. The van der Waals surface area contributed by atoms with Gasteiger partial charge in [-0.1, -0.05) is 29.8 Å². The lowest BCUT2D eigenvalue weighted by molar-refractivity contribution is 0.227. The average Bonchev–Trinajstić information content (AvgIpc) is 2.29. The molecule has 0 radical (unpaired) electrons. The van der Waals surface area contributed by atoms with E-state index in [0.29, 0.717) is 5.02 Å². The van der Waals surface area contributed by atoms with Crippen LogP contribution in [0, 0.1) is 0 Å². The molecule has 0 spiro atoms. The average molecular weight is 248 g/mol. The molecule has 0 saturated heterocycles. The van der Waals surface area contributed by atoms with E-state index in [9.17, 15) is 0 Å². The van der Waals surface area contributed by atoms with Crippen molar-refractivity contribution in [1.29, 1.82) is 0 Å². The second-order valence-corrected chi connectivity index (χ2v) is 4.32. The van der Waals surface area contributed by atoms with Crippen molar-refractivity contribution in [3.63, 3.8) is 0 Å². The molecule has 2 N–H and O–H groups in total. The number of nitrogen functional groups attached to an aromatic ring is 1. The van der Waals surface area contributed by atoms with E-state index in [4.69, 9.17) is 22.1 Å². The number of rotatable bonds is 3. The van der Waals surface area contributed by atoms with E-state index in [-0.39, 0.29) is 6.10 Å². The van der Waals surface area contributed by atoms with Crippen LogP contribution in [0.5, 0.6) is 5.75 Å². The molecule has 0 aliphatic carbocycles. The summed E-state index contributed by atoms with van der Waals surface area (Å²) in [4.78, 5) is 0. The third kappa shape index (κ3) is 3.14. The molecule has 0 aliphatic rings. The fourth-order valence-electron chi connectivity index (χ4n) is 1.58. The predicted molar refractivity (Wildman–Crippen MR) is 71.3 cm³/mol. The number of halogens is 1. The molecule has 2 nitrogen and oxygen atoms in total. The minimum absolute atomic E-state index is 0.0333. The Morgan fingerprint density at radius 2 is 1.82 bits per heavy atom. The maximum atomic E-state index is 5.90. The van der Waals surface area contributed by atoms with Gasteiger partial charge in [-0.15, -0.1) is 0 Å². The quantitative estimate of drug-likeness (QED) is 0.830. The van der Waals surface area contributed by atoms with Crippen LogP contribution in [0.25, 0.3) is 0 Å². The lowest BCUT2D eigenvalue weighted by Crippen LogP contribution is -2.03. The van der Waals surface area contributed by atoms with E-state index in [0.717, 1.165) is 17.0 Å². The van der Waals surface area contributed by atoms with Gasteiger partial charge < -0.3 is 10.5 Å². The van der Waals surface area contributed by atoms with Crippen LogP contribution in [0.2, 0.25) is 5.02 Å². The van der Waals surface area contributed by atoms with Crippen LogP contribution in [0.4, 0.5) is 5.69 Å². The molecule has 88 valence electrons. The molecule has 0 heterocycles. The lowest BCUT2D eigenvalue weighted by atomic mass is 10.1. The Hall–Kier alpha value is -1.67. The number of anilines is 1. The summed E-state index contributed by atoms with van der Waals surface area (Å²) in [6, 6.07) is 15.0. The van der Waals surface area contributed by atoms with Crippen LogP contribution >= 0.6 is 11.6 Å². The van der Waals surface area contributed by atoms with Crippen LogP contribution in [0.1, 0.15) is 18.6 Å². The minimum Gasteiger partial charge on any atom is -0.486 e. The van der Waals surface area contributed by atoms with Gasteiger partial charge in [-0.2, -0.15) is 0 Å². The van der Waals surface area contributed by atoms with E-state index in [1.165, 1.54) is 0 Å². The van der Waals surface area contributed by atoms with Gasteiger partial charge in [-0.3, -0.25) is 0 Å². The van der Waals surface area contributed by atoms with Gasteiger partial charge >= 0.3 is 0 Å². The number of benzene rings is 2. The standard InChI is InChI=1S/C14H14ClNO/c1-10(11-5-7-13(16)8-6-11)17-14-4-2-3-12(15)9-14/h2-10H,16H2,1H3. The third-order valence-corrected chi connectivity index (χ3v) is 2.75. The number of hydrogen-bond acceptors (Lipinski definition) is 2. The Kier molecular flexibility index (Phi) is 3.55. The van der Waals surface area contributed by atoms with Crippen molar-refractivity contribution in [2.45, 2.75) is 13.0 Å². The molecular weight excluding hydrogens is 234 g/mol. The third-order valence-electron chi connectivity index (χ3n) is 2.51. The highest BCUT2D eigenvalue weighted by molar-refractivity contribution is 6.30. The highest BCUT2D eigenvalue weighted by atomic mass is 35.5. The van der Waals surface area contributed by atoms with E-state index < -0.39 is 0 Å².